The summed E-state index contributed by atoms with van der Waals surface area (Å²) in [6.07, 6.45) is 0.992. The smallest absolute Gasteiger partial charge is 0.327 e. The summed E-state index contributed by atoms with van der Waals surface area (Å²) in [5.74, 6) is -2.63. The predicted molar refractivity (Wildman–Crippen MR) is 65.8 cm³/mol. The Morgan fingerprint density at radius 1 is 1.42 bits per heavy atom. The van der Waals surface area contributed by atoms with Gasteiger partial charge in [0, 0.05) is 24.4 Å². The molecule has 1 N–H and O–H groups in total. The van der Waals surface area contributed by atoms with Crippen LogP contribution in [0, 0.1) is 21.7 Å². The molecule has 0 fully saturated rings. The molecule has 1 unspecified atom stereocenters. The molecule has 19 heavy (non-hydrogen) atoms. The van der Waals surface area contributed by atoms with Crippen LogP contribution >= 0.6 is 0 Å². The molecule has 0 heterocycles. The fourth-order valence-corrected chi connectivity index (χ4v) is 2.61. The lowest BCUT2D eigenvalue weighted by Crippen LogP contribution is -2.25. The summed E-state index contributed by atoms with van der Waals surface area (Å²) in [5.41, 5.74) is -1.31. The number of nitrogens with one attached hydrogen (secondary N) is 1. The third-order valence-corrected chi connectivity index (χ3v) is 3.27. The highest BCUT2D eigenvalue weighted by atomic mass is 32.2. The lowest BCUT2D eigenvalue weighted by atomic mass is 10.2. The van der Waals surface area contributed by atoms with E-state index in [1.807, 2.05) is 0 Å². The molecule has 0 aliphatic heterocycles. The summed E-state index contributed by atoms with van der Waals surface area (Å²) in [4.78, 5) is 9.71. The van der Waals surface area contributed by atoms with Gasteiger partial charge in [-0.25, -0.2) is 12.8 Å². The van der Waals surface area contributed by atoms with Gasteiger partial charge in [-0.2, -0.15) is 4.39 Å². The van der Waals surface area contributed by atoms with E-state index in [1.165, 1.54) is 6.92 Å². The number of rotatable bonds is 5. The first-order valence-corrected chi connectivity index (χ1v) is 7.24. The van der Waals surface area contributed by atoms with Gasteiger partial charge in [-0.1, -0.05) is 0 Å². The highest BCUT2D eigenvalue weighted by Gasteiger charge is 2.23. The van der Waals surface area contributed by atoms with Gasteiger partial charge < -0.3 is 5.32 Å². The Balaban J connectivity index is 3.10. The van der Waals surface area contributed by atoms with Crippen LogP contribution in [0.15, 0.2) is 12.1 Å². The molecule has 0 saturated heterocycles. The quantitative estimate of drug-likeness (QED) is 0.659. The van der Waals surface area contributed by atoms with Gasteiger partial charge in [-0.15, -0.1) is 0 Å². The van der Waals surface area contributed by atoms with E-state index >= 15 is 0 Å². The predicted octanol–water partition coefficient (Wildman–Crippen LogP) is 1.72. The highest BCUT2D eigenvalue weighted by Crippen LogP contribution is 2.29. The number of nitrogens with zero attached hydrogens (tertiary/aromatic N) is 1. The Morgan fingerprint density at radius 3 is 2.47 bits per heavy atom. The van der Waals surface area contributed by atoms with Gasteiger partial charge in [-0.3, -0.25) is 10.1 Å². The molecule has 106 valence electrons. The lowest BCUT2D eigenvalue weighted by Gasteiger charge is -2.14. The Kier molecular flexibility index (Phi) is 4.40. The zero-order valence-corrected chi connectivity index (χ0v) is 11.0. The van der Waals surface area contributed by atoms with Crippen molar-refractivity contribution < 1.29 is 22.1 Å². The third kappa shape index (κ3) is 4.43. The molecule has 0 saturated carbocycles. The van der Waals surface area contributed by atoms with Gasteiger partial charge in [0.25, 0.3) is 0 Å². The van der Waals surface area contributed by atoms with Gasteiger partial charge in [-0.05, 0) is 6.92 Å². The minimum absolute atomic E-state index is 0.317. The normalized spacial score (nSPS) is 13.1. The standard InChI is InChI=1S/C10H12F2N2O4S/c1-6(5-19(2,17)18)13-9-4-7(11)3-8(12)10(9)14(15)16/h3-4,6,13H,5H2,1-2H3. The summed E-state index contributed by atoms with van der Waals surface area (Å²) in [6, 6.07) is 0.416. The van der Waals surface area contributed by atoms with Gasteiger partial charge in [0.1, 0.15) is 21.3 Å². The van der Waals surface area contributed by atoms with E-state index in [0.29, 0.717) is 6.07 Å². The monoisotopic (exact) mass is 294 g/mol. The SMILES string of the molecule is CC(CS(C)(=O)=O)Nc1cc(F)cc(F)c1[N+](=O)[O-]. The van der Waals surface area contributed by atoms with Gasteiger partial charge in [0.2, 0.25) is 5.82 Å². The summed E-state index contributed by atoms with van der Waals surface area (Å²) >= 11 is 0. The van der Waals surface area contributed by atoms with Crippen LogP contribution in [0.2, 0.25) is 0 Å². The molecule has 9 heteroatoms. The molecule has 1 aromatic rings. The topological polar surface area (TPSA) is 89.3 Å². The second kappa shape index (κ2) is 5.47. The van der Waals surface area contributed by atoms with Crippen LogP contribution in [0.1, 0.15) is 6.92 Å². The van der Waals surface area contributed by atoms with Gasteiger partial charge >= 0.3 is 5.69 Å². The fourth-order valence-electron chi connectivity index (χ4n) is 1.62. The maximum absolute atomic E-state index is 13.3. The first kappa shape index (κ1) is 15.3. The Labute approximate surface area is 108 Å². The van der Waals surface area contributed by atoms with Crippen molar-refractivity contribution in [2.45, 2.75) is 13.0 Å². The summed E-state index contributed by atoms with van der Waals surface area (Å²) in [6.45, 7) is 1.44. The average Bonchev–Trinajstić information content (AvgIpc) is 2.10. The molecule has 0 spiro atoms. The third-order valence-electron chi connectivity index (χ3n) is 2.17. The van der Waals surface area contributed by atoms with E-state index in [9.17, 15) is 27.3 Å². The zero-order valence-electron chi connectivity index (χ0n) is 10.2. The number of sulfone groups is 1. The molecule has 0 aliphatic carbocycles. The number of benzene rings is 1. The largest absolute Gasteiger partial charge is 0.376 e. The molecule has 0 bridgehead atoms. The van der Waals surface area contributed by atoms with Crippen LogP contribution < -0.4 is 5.32 Å². The number of halogens is 2. The fraction of sp³-hybridized carbons (Fsp3) is 0.400. The molecule has 0 radical (unpaired) electrons. The minimum Gasteiger partial charge on any atom is -0.376 e. The van der Waals surface area contributed by atoms with E-state index in [-0.39, 0.29) is 5.75 Å². The molecule has 6 nitrogen and oxygen atoms in total. The lowest BCUT2D eigenvalue weighted by molar-refractivity contribution is -0.386. The van der Waals surface area contributed by atoms with Crippen molar-refractivity contribution in [2.75, 3.05) is 17.3 Å². The number of nitro benzene ring substituents is 1. The van der Waals surface area contributed by atoms with Gasteiger partial charge in [0.15, 0.2) is 0 Å². The van der Waals surface area contributed by atoms with Crippen molar-refractivity contribution in [3.8, 4) is 0 Å². The van der Waals surface area contributed by atoms with Crippen LogP contribution in [-0.2, 0) is 9.84 Å². The van der Waals surface area contributed by atoms with Crippen molar-refractivity contribution in [3.05, 3.63) is 33.9 Å². The number of nitro groups is 1. The molecule has 0 aromatic heterocycles. The summed E-state index contributed by atoms with van der Waals surface area (Å²) in [7, 11) is -3.32. The van der Waals surface area contributed by atoms with Crippen LogP contribution in [0.3, 0.4) is 0 Å². The summed E-state index contributed by atoms with van der Waals surface area (Å²) < 4.78 is 48.5. The van der Waals surface area contributed by atoms with Crippen LogP contribution in [-0.4, -0.2) is 31.4 Å². The van der Waals surface area contributed by atoms with Crippen molar-refractivity contribution >= 4 is 21.2 Å². The number of anilines is 1. The Bertz CT molecular complexity index is 604. The van der Waals surface area contributed by atoms with E-state index in [2.05, 4.69) is 5.32 Å². The zero-order chi connectivity index (χ0) is 14.8. The first-order chi connectivity index (χ1) is 8.60. The molecular weight excluding hydrogens is 282 g/mol. The Hall–Kier alpha value is -1.77. The van der Waals surface area contributed by atoms with E-state index in [4.69, 9.17) is 0 Å². The first-order valence-electron chi connectivity index (χ1n) is 5.18. The van der Waals surface area contributed by atoms with Crippen LogP contribution in [0.25, 0.3) is 0 Å². The maximum atomic E-state index is 13.3. The number of hydrogen-bond donors (Lipinski definition) is 1. The summed E-state index contributed by atoms with van der Waals surface area (Å²) in [5, 5.41) is 13.1. The van der Waals surface area contributed by atoms with E-state index in [1.54, 1.807) is 0 Å². The van der Waals surface area contributed by atoms with Crippen molar-refractivity contribution in [3.63, 3.8) is 0 Å². The highest BCUT2D eigenvalue weighted by molar-refractivity contribution is 7.90. The second-order valence-corrected chi connectivity index (χ2v) is 6.36. The maximum Gasteiger partial charge on any atom is 0.327 e. The van der Waals surface area contributed by atoms with Crippen LogP contribution in [0.5, 0.6) is 0 Å². The van der Waals surface area contributed by atoms with Gasteiger partial charge in [0.05, 0.1) is 10.7 Å². The van der Waals surface area contributed by atoms with Crippen LogP contribution in [0.4, 0.5) is 20.2 Å². The Morgan fingerprint density at radius 2 is 2.00 bits per heavy atom. The van der Waals surface area contributed by atoms with Crippen molar-refractivity contribution in [1.82, 2.24) is 0 Å². The van der Waals surface area contributed by atoms with Crippen molar-refractivity contribution in [2.24, 2.45) is 0 Å². The number of hydrogen-bond acceptors (Lipinski definition) is 5. The molecular formula is C10H12F2N2O4S. The molecule has 1 atom stereocenters. The second-order valence-electron chi connectivity index (χ2n) is 4.18. The molecule has 1 rings (SSSR count). The molecule has 1 aromatic carbocycles. The minimum atomic E-state index is -3.32. The van der Waals surface area contributed by atoms with E-state index < -0.39 is 43.8 Å². The average molecular weight is 294 g/mol. The molecule has 0 amide bonds. The van der Waals surface area contributed by atoms with E-state index in [0.717, 1.165) is 12.3 Å². The molecule has 0 aliphatic rings. The van der Waals surface area contributed by atoms with Crippen molar-refractivity contribution in [1.29, 1.82) is 0 Å².